The van der Waals surface area contributed by atoms with E-state index in [0.29, 0.717) is 23.4 Å². The number of hydrogen-bond donors (Lipinski definition) is 1. The fraction of sp³-hybridized carbons (Fsp3) is 0.364. The Labute approximate surface area is 179 Å². The van der Waals surface area contributed by atoms with Crippen LogP contribution in [-0.4, -0.2) is 29.1 Å². The molecule has 32 heavy (non-hydrogen) atoms. The third-order valence-corrected chi connectivity index (χ3v) is 5.24. The summed E-state index contributed by atoms with van der Waals surface area (Å²) >= 11 is 0. The molecule has 0 aliphatic rings. The Balaban J connectivity index is 2.48. The average Bonchev–Trinajstić information content (AvgIpc) is 2.72. The van der Waals surface area contributed by atoms with Crippen molar-refractivity contribution in [3.05, 3.63) is 69.8 Å². The van der Waals surface area contributed by atoms with Gasteiger partial charge in [-0.25, -0.2) is 4.39 Å². The predicted molar refractivity (Wildman–Crippen MR) is 104 cm³/mol. The van der Waals surface area contributed by atoms with E-state index in [1.807, 2.05) is 0 Å². The molecule has 2 rings (SSSR count). The summed E-state index contributed by atoms with van der Waals surface area (Å²) in [7, 11) is 0. The van der Waals surface area contributed by atoms with Crippen LogP contribution in [0.15, 0.2) is 41.6 Å². The molecule has 174 valence electrons. The van der Waals surface area contributed by atoms with Gasteiger partial charge >= 0.3 is 18.0 Å². The molecular weight excluding hydrogens is 443 g/mol. The molecule has 3 nitrogen and oxygen atoms in total. The number of benzene rings is 2. The number of Topliss-reactive ketones (excluding diaryl/α,β-unsaturated/α-hetero) is 1. The van der Waals surface area contributed by atoms with Gasteiger partial charge in [0.15, 0.2) is 5.78 Å². The number of aryl methyl sites for hydroxylation is 2. The van der Waals surface area contributed by atoms with Gasteiger partial charge in [-0.3, -0.25) is 4.79 Å². The molecule has 0 saturated heterocycles. The molecule has 0 aliphatic carbocycles. The smallest absolute Gasteiger partial charge is 0.411 e. The van der Waals surface area contributed by atoms with Crippen molar-refractivity contribution < 1.29 is 40.7 Å². The van der Waals surface area contributed by atoms with Crippen LogP contribution in [0, 0.1) is 6.92 Å². The third kappa shape index (κ3) is 4.63. The van der Waals surface area contributed by atoms with E-state index in [1.54, 1.807) is 6.92 Å². The lowest BCUT2D eigenvalue weighted by Gasteiger charge is -2.31. The summed E-state index contributed by atoms with van der Waals surface area (Å²) in [5.74, 6) is -0.432. The SMILES string of the molecule is CCc1cc(C(F)(C(F)(F)F)C(F)(F)F)cc(C)c1CC(=O)c1ccc(/C(C)=N/O)cc1. The lowest BCUT2D eigenvalue weighted by molar-refractivity contribution is -0.348. The average molecular weight is 463 g/mol. The Morgan fingerprint density at radius 1 is 0.938 bits per heavy atom. The quantitative estimate of drug-likeness (QED) is 0.176. The Hall–Kier alpha value is -2.91. The molecule has 0 radical (unpaired) electrons. The highest BCUT2D eigenvalue weighted by Gasteiger charge is 2.73. The fourth-order valence-electron chi connectivity index (χ4n) is 3.36. The Morgan fingerprint density at radius 2 is 1.44 bits per heavy atom. The Bertz CT molecular complexity index is 1010. The second-order valence-electron chi connectivity index (χ2n) is 7.30. The molecule has 0 aromatic heterocycles. The highest BCUT2D eigenvalue weighted by atomic mass is 19.4. The minimum atomic E-state index is -6.21. The maximum Gasteiger partial charge on any atom is 0.435 e. The van der Waals surface area contributed by atoms with E-state index in [2.05, 4.69) is 5.16 Å². The van der Waals surface area contributed by atoms with Crippen LogP contribution < -0.4 is 0 Å². The number of hydrogen-bond acceptors (Lipinski definition) is 3. The molecular formula is C22H20F7NO2. The summed E-state index contributed by atoms with van der Waals surface area (Å²) < 4.78 is 93.2. The lowest BCUT2D eigenvalue weighted by Crippen LogP contribution is -2.50. The zero-order chi connectivity index (χ0) is 24.5. The van der Waals surface area contributed by atoms with Crippen LogP contribution in [0.25, 0.3) is 0 Å². The molecule has 1 N–H and O–H groups in total. The van der Waals surface area contributed by atoms with Crippen LogP contribution in [0.1, 0.15) is 52.0 Å². The van der Waals surface area contributed by atoms with E-state index in [-0.39, 0.29) is 35.1 Å². The summed E-state index contributed by atoms with van der Waals surface area (Å²) in [6, 6.07) is 7.00. The molecule has 0 heterocycles. The van der Waals surface area contributed by atoms with Crippen LogP contribution in [-0.2, 0) is 18.5 Å². The first-order chi connectivity index (χ1) is 14.7. The van der Waals surface area contributed by atoms with Gasteiger partial charge in [0.05, 0.1) is 5.71 Å². The summed E-state index contributed by atoms with van der Waals surface area (Å²) in [4.78, 5) is 12.7. The van der Waals surface area contributed by atoms with Crippen molar-refractivity contribution in [1.29, 1.82) is 0 Å². The Kier molecular flexibility index (Phi) is 7.06. The monoisotopic (exact) mass is 463 g/mol. The molecule has 10 heteroatoms. The largest absolute Gasteiger partial charge is 0.435 e. The molecule has 0 atom stereocenters. The molecule has 0 amide bonds. The van der Waals surface area contributed by atoms with E-state index < -0.39 is 29.4 Å². The fourth-order valence-corrected chi connectivity index (χ4v) is 3.36. The van der Waals surface area contributed by atoms with Crippen molar-refractivity contribution in [2.45, 2.75) is 51.6 Å². The number of carbonyl (C=O) groups is 1. The number of nitrogens with zero attached hydrogens (tertiary/aromatic N) is 1. The van der Waals surface area contributed by atoms with Gasteiger partial charge in [-0.1, -0.05) is 48.5 Å². The topological polar surface area (TPSA) is 49.7 Å². The lowest BCUT2D eigenvalue weighted by atomic mass is 9.86. The third-order valence-electron chi connectivity index (χ3n) is 5.24. The minimum absolute atomic E-state index is 0.00577. The second kappa shape index (κ2) is 8.91. The van der Waals surface area contributed by atoms with Crippen molar-refractivity contribution in [3.8, 4) is 0 Å². The highest BCUT2D eigenvalue weighted by Crippen LogP contribution is 2.53. The van der Waals surface area contributed by atoms with Gasteiger partial charge in [-0.15, -0.1) is 0 Å². The number of ketones is 1. The number of halogens is 7. The molecule has 0 unspecified atom stereocenters. The molecule has 0 fully saturated rings. The molecule has 0 spiro atoms. The Morgan fingerprint density at radius 3 is 1.88 bits per heavy atom. The molecule has 0 bridgehead atoms. The van der Waals surface area contributed by atoms with Crippen LogP contribution in [0.2, 0.25) is 0 Å². The van der Waals surface area contributed by atoms with Gasteiger partial charge in [0.1, 0.15) is 0 Å². The number of rotatable bonds is 6. The summed E-state index contributed by atoms with van der Waals surface area (Å²) in [6.45, 7) is 4.27. The van der Waals surface area contributed by atoms with Crippen molar-refractivity contribution in [1.82, 2.24) is 0 Å². The van der Waals surface area contributed by atoms with Crippen molar-refractivity contribution >= 4 is 11.5 Å². The van der Waals surface area contributed by atoms with Gasteiger partial charge in [-0.05, 0) is 42.5 Å². The van der Waals surface area contributed by atoms with Crippen molar-refractivity contribution in [2.75, 3.05) is 0 Å². The van der Waals surface area contributed by atoms with Gasteiger partial charge in [0.25, 0.3) is 0 Å². The first kappa shape index (κ1) is 25.4. The zero-order valence-electron chi connectivity index (χ0n) is 17.3. The zero-order valence-corrected chi connectivity index (χ0v) is 17.3. The van der Waals surface area contributed by atoms with Crippen LogP contribution in [0.3, 0.4) is 0 Å². The van der Waals surface area contributed by atoms with E-state index in [0.717, 1.165) is 0 Å². The molecule has 2 aromatic rings. The second-order valence-corrected chi connectivity index (χ2v) is 7.30. The van der Waals surface area contributed by atoms with Gasteiger partial charge < -0.3 is 5.21 Å². The van der Waals surface area contributed by atoms with Crippen LogP contribution in [0.5, 0.6) is 0 Å². The predicted octanol–water partition coefficient (Wildman–Crippen LogP) is 6.47. The van der Waals surface area contributed by atoms with Crippen LogP contribution in [0.4, 0.5) is 30.7 Å². The minimum Gasteiger partial charge on any atom is -0.411 e. The molecule has 0 aliphatic heterocycles. The van der Waals surface area contributed by atoms with E-state index in [4.69, 9.17) is 5.21 Å². The van der Waals surface area contributed by atoms with Crippen molar-refractivity contribution in [2.24, 2.45) is 5.16 Å². The van der Waals surface area contributed by atoms with E-state index >= 15 is 0 Å². The van der Waals surface area contributed by atoms with Gasteiger partial charge in [0.2, 0.25) is 0 Å². The molecule has 2 aromatic carbocycles. The van der Waals surface area contributed by atoms with Crippen molar-refractivity contribution in [3.63, 3.8) is 0 Å². The normalized spacial score (nSPS) is 13.4. The van der Waals surface area contributed by atoms with Gasteiger partial charge in [0, 0.05) is 17.5 Å². The first-order valence-corrected chi connectivity index (χ1v) is 9.44. The number of oxime groups is 1. The van der Waals surface area contributed by atoms with E-state index in [9.17, 15) is 35.5 Å². The van der Waals surface area contributed by atoms with Crippen LogP contribution >= 0.6 is 0 Å². The summed E-state index contributed by atoms with van der Waals surface area (Å²) in [5, 5.41) is 11.8. The summed E-state index contributed by atoms with van der Waals surface area (Å²) in [6.07, 6.45) is -12.7. The first-order valence-electron chi connectivity index (χ1n) is 9.44. The van der Waals surface area contributed by atoms with Gasteiger partial charge in [-0.2, -0.15) is 26.3 Å². The van der Waals surface area contributed by atoms with E-state index in [1.165, 1.54) is 38.1 Å². The highest BCUT2D eigenvalue weighted by molar-refractivity contribution is 6.01. The number of carbonyl (C=O) groups excluding carboxylic acids is 1. The maximum atomic E-state index is 14.5. The summed E-state index contributed by atoms with van der Waals surface area (Å²) in [5.41, 5.74) is -5.78. The maximum absolute atomic E-state index is 14.5. The number of alkyl halides is 7. The molecule has 0 saturated carbocycles. The standard InChI is InChI=1S/C22H20F7NO2/c1-4-14-10-17(20(23,21(24,25)26)22(27,28)29)9-12(2)18(14)11-19(31)16-7-5-15(6-8-16)13(3)30-32/h5-10,32H,4,11H2,1-3H3/b30-13+.